The first kappa shape index (κ1) is 12.3. The molecule has 0 saturated carbocycles. The number of benzene rings is 1. The van der Waals surface area contributed by atoms with Gasteiger partial charge in [-0.05, 0) is 24.5 Å². The van der Waals surface area contributed by atoms with Crippen LogP contribution < -0.4 is 5.32 Å². The Kier molecular flexibility index (Phi) is 4.58. The highest BCUT2D eigenvalue weighted by Gasteiger charge is 2.05. The van der Waals surface area contributed by atoms with Crippen molar-refractivity contribution in [1.82, 2.24) is 0 Å². The van der Waals surface area contributed by atoms with E-state index in [2.05, 4.69) is 11.9 Å². The van der Waals surface area contributed by atoms with E-state index >= 15 is 0 Å². The second kappa shape index (κ2) is 5.95. The lowest BCUT2D eigenvalue weighted by Gasteiger charge is -2.10. The summed E-state index contributed by atoms with van der Waals surface area (Å²) in [5.41, 5.74) is 3.07. The van der Waals surface area contributed by atoms with Crippen LogP contribution in [0.5, 0.6) is 0 Å². The smallest absolute Gasteiger partial charge is 0.303 e. The van der Waals surface area contributed by atoms with Gasteiger partial charge in [-0.3, -0.25) is 4.79 Å². The monoisotopic (exact) mass is 219 g/mol. The van der Waals surface area contributed by atoms with Crippen LogP contribution in [0.4, 0.5) is 5.69 Å². The minimum Gasteiger partial charge on any atom is -0.481 e. The summed E-state index contributed by atoms with van der Waals surface area (Å²) in [5, 5.41) is 11.7. The van der Waals surface area contributed by atoms with E-state index in [0.717, 1.165) is 16.8 Å². The van der Waals surface area contributed by atoms with E-state index < -0.39 is 5.97 Å². The molecule has 2 N–H and O–H groups in total. The zero-order valence-electron chi connectivity index (χ0n) is 9.49. The zero-order valence-corrected chi connectivity index (χ0v) is 9.49. The minimum absolute atomic E-state index is 0.195. The fraction of sp³-hybridized carbons (Fsp3) is 0.308. The number of nitrogens with one attached hydrogen (secondary N) is 1. The summed E-state index contributed by atoms with van der Waals surface area (Å²) in [6.45, 7) is 4.00. The molecule has 1 aromatic carbocycles. The number of para-hydroxylation sites is 1. The zero-order chi connectivity index (χ0) is 12.0. The normalized spacial score (nSPS) is 9.81. The van der Waals surface area contributed by atoms with E-state index in [4.69, 9.17) is 5.11 Å². The summed E-state index contributed by atoms with van der Waals surface area (Å²) < 4.78 is 0. The number of hydrogen-bond acceptors (Lipinski definition) is 2. The van der Waals surface area contributed by atoms with Crippen LogP contribution in [0.15, 0.2) is 30.8 Å². The average Bonchev–Trinajstić information content (AvgIpc) is 2.28. The Hall–Kier alpha value is -1.77. The maximum atomic E-state index is 10.4. The van der Waals surface area contributed by atoms with Gasteiger partial charge in [-0.15, -0.1) is 0 Å². The van der Waals surface area contributed by atoms with E-state index in [-0.39, 0.29) is 6.42 Å². The Labute approximate surface area is 95.8 Å². The third-order valence-corrected chi connectivity index (χ3v) is 2.45. The largest absolute Gasteiger partial charge is 0.481 e. The lowest BCUT2D eigenvalue weighted by atomic mass is 10.00. The lowest BCUT2D eigenvalue weighted by Crippen LogP contribution is -1.96. The second-order valence-corrected chi connectivity index (χ2v) is 3.65. The highest BCUT2D eigenvalue weighted by molar-refractivity contribution is 5.75. The number of carbonyl (C=O) groups is 1. The summed E-state index contributed by atoms with van der Waals surface area (Å²) in [7, 11) is 1.86. The van der Waals surface area contributed by atoms with Crippen LogP contribution in [-0.2, 0) is 4.79 Å². The fourth-order valence-corrected chi connectivity index (χ4v) is 1.60. The van der Waals surface area contributed by atoms with Crippen LogP contribution in [-0.4, -0.2) is 18.1 Å². The van der Waals surface area contributed by atoms with Crippen molar-refractivity contribution in [2.24, 2.45) is 0 Å². The molecule has 3 heteroatoms. The number of anilines is 1. The summed E-state index contributed by atoms with van der Waals surface area (Å²) >= 11 is 0. The molecule has 0 bridgehead atoms. The van der Waals surface area contributed by atoms with Crippen LogP contribution >= 0.6 is 0 Å². The molecular formula is C13H17NO2. The molecule has 0 aliphatic rings. The molecule has 0 atom stereocenters. The number of allylic oxidation sites excluding steroid dienone is 1. The Balaban J connectivity index is 2.62. The minimum atomic E-state index is -0.755. The predicted octanol–water partition coefficient (Wildman–Crippen LogP) is 3.00. The maximum absolute atomic E-state index is 10.4. The third-order valence-electron chi connectivity index (χ3n) is 2.45. The molecule has 0 radical (unpaired) electrons. The Morgan fingerprint density at radius 1 is 1.38 bits per heavy atom. The SMILES string of the molecule is C=C(CCCC(=O)O)c1ccccc1NC. The van der Waals surface area contributed by atoms with Crippen LogP contribution in [0.25, 0.3) is 5.57 Å². The first-order valence-corrected chi connectivity index (χ1v) is 5.32. The lowest BCUT2D eigenvalue weighted by molar-refractivity contribution is -0.137. The van der Waals surface area contributed by atoms with E-state index in [1.165, 1.54) is 0 Å². The number of hydrogen-bond donors (Lipinski definition) is 2. The quantitative estimate of drug-likeness (QED) is 0.773. The van der Waals surface area contributed by atoms with Gasteiger partial charge in [0.1, 0.15) is 0 Å². The Bertz CT molecular complexity index is 385. The first-order chi connectivity index (χ1) is 7.65. The maximum Gasteiger partial charge on any atom is 0.303 e. The highest BCUT2D eigenvalue weighted by Crippen LogP contribution is 2.25. The van der Waals surface area contributed by atoms with Gasteiger partial charge in [0.2, 0.25) is 0 Å². The number of carboxylic acid groups (broad SMARTS) is 1. The molecule has 0 aliphatic heterocycles. The van der Waals surface area contributed by atoms with Gasteiger partial charge in [0.05, 0.1) is 0 Å². The molecule has 16 heavy (non-hydrogen) atoms. The van der Waals surface area contributed by atoms with Crippen molar-refractivity contribution >= 4 is 17.2 Å². The summed E-state index contributed by atoms with van der Waals surface area (Å²) in [6, 6.07) is 7.89. The molecular weight excluding hydrogens is 202 g/mol. The van der Waals surface area contributed by atoms with E-state index in [0.29, 0.717) is 12.8 Å². The van der Waals surface area contributed by atoms with Crippen LogP contribution in [0.2, 0.25) is 0 Å². The van der Waals surface area contributed by atoms with Gasteiger partial charge >= 0.3 is 5.97 Å². The molecule has 0 aliphatic carbocycles. The van der Waals surface area contributed by atoms with Crippen molar-refractivity contribution in [1.29, 1.82) is 0 Å². The standard InChI is InChI=1S/C13H17NO2/c1-10(6-5-9-13(15)16)11-7-3-4-8-12(11)14-2/h3-4,7-8,14H,1,5-6,9H2,2H3,(H,15,16). The van der Waals surface area contributed by atoms with Crippen molar-refractivity contribution in [3.8, 4) is 0 Å². The fourth-order valence-electron chi connectivity index (χ4n) is 1.60. The van der Waals surface area contributed by atoms with Gasteiger partial charge in [-0.25, -0.2) is 0 Å². The van der Waals surface area contributed by atoms with Crippen LogP contribution in [0.1, 0.15) is 24.8 Å². The Morgan fingerprint density at radius 2 is 2.06 bits per heavy atom. The number of rotatable bonds is 6. The average molecular weight is 219 g/mol. The van der Waals surface area contributed by atoms with Gasteiger partial charge in [-0.2, -0.15) is 0 Å². The van der Waals surface area contributed by atoms with Crippen LogP contribution in [0, 0.1) is 0 Å². The molecule has 0 saturated heterocycles. The van der Waals surface area contributed by atoms with Gasteiger partial charge < -0.3 is 10.4 Å². The van der Waals surface area contributed by atoms with Crippen molar-refractivity contribution in [2.75, 3.05) is 12.4 Å². The predicted molar refractivity (Wildman–Crippen MR) is 66.5 cm³/mol. The highest BCUT2D eigenvalue weighted by atomic mass is 16.4. The summed E-state index contributed by atoms with van der Waals surface area (Å²) in [6.07, 6.45) is 1.54. The molecule has 86 valence electrons. The van der Waals surface area contributed by atoms with Gasteiger partial charge in [0, 0.05) is 24.7 Å². The van der Waals surface area contributed by atoms with Gasteiger partial charge in [-0.1, -0.05) is 24.8 Å². The van der Waals surface area contributed by atoms with Crippen molar-refractivity contribution in [2.45, 2.75) is 19.3 Å². The van der Waals surface area contributed by atoms with E-state index in [1.807, 2.05) is 31.3 Å². The summed E-state index contributed by atoms with van der Waals surface area (Å²) in [4.78, 5) is 10.4. The molecule has 0 heterocycles. The second-order valence-electron chi connectivity index (χ2n) is 3.65. The topological polar surface area (TPSA) is 49.3 Å². The number of aliphatic carboxylic acids is 1. The molecule has 0 spiro atoms. The molecule has 0 aromatic heterocycles. The van der Waals surface area contributed by atoms with Crippen molar-refractivity contribution < 1.29 is 9.90 Å². The third kappa shape index (κ3) is 3.42. The molecule has 0 fully saturated rings. The van der Waals surface area contributed by atoms with E-state index in [9.17, 15) is 4.79 Å². The van der Waals surface area contributed by atoms with Crippen molar-refractivity contribution in [3.63, 3.8) is 0 Å². The number of carboxylic acids is 1. The first-order valence-electron chi connectivity index (χ1n) is 5.32. The summed E-state index contributed by atoms with van der Waals surface area (Å²) in [5.74, 6) is -0.755. The van der Waals surface area contributed by atoms with E-state index in [1.54, 1.807) is 0 Å². The molecule has 0 unspecified atom stereocenters. The van der Waals surface area contributed by atoms with Crippen molar-refractivity contribution in [3.05, 3.63) is 36.4 Å². The molecule has 1 rings (SSSR count). The molecule has 0 amide bonds. The molecule has 1 aromatic rings. The Morgan fingerprint density at radius 3 is 2.69 bits per heavy atom. The molecule has 3 nitrogen and oxygen atoms in total. The van der Waals surface area contributed by atoms with Gasteiger partial charge in [0.25, 0.3) is 0 Å². The van der Waals surface area contributed by atoms with Gasteiger partial charge in [0.15, 0.2) is 0 Å². The van der Waals surface area contributed by atoms with Crippen LogP contribution in [0.3, 0.4) is 0 Å².